The molecule has 0 fully saturated rings. The molecule has 0 radical (unpaired) electrons. The van der Waals surface area contributed by atoms with Crippen molar-refractivity contribution < 1.29 is 14.3 Å². The van der Waals surface area contributed by atoms with Crippen molar-refractivity contribution in [3.63, 3.8) is 0 Å². The van der Waals surface area contributed by atoms with Crippen LogP contribution in [-0.2, 0) is 14.3 Å². The number of carbonyl (C=O) groups is 1. The lowest BCUT2D eigenvalue weighted by atomic mass is 10.1. The van der Waals surface area contributed by atoms with Gasteiger partial charge < -0.3 is 14.3 Å². The van der Waals surface area contributed by atoms with E-state index in [1.165, 1.54) is 0 Å². The largest absolute Gasteiger partial charge is 0.378 e. The zero-order chi connectivity index (χ0) is 19.7. The molecule has 148 valence electrons. The summed E-state index contributed by atoms with van der Waals surface area (Å²) in [5.41, 5.74) is 0.766. The molecule has 0 aromatic carbocycles. The van der Waals surface area contributed by atoms with Crippen LogP contribution in [0.15, 0.2) is 6.20 Å². The molecule has 0 aliphatic carbocycles. The molecule has 0 aliphatic rings. The van der Waals surface area contributed by atoms with Gasteiger partial charge in [0.2, 0.25) is 0 Å². The third-order valence-electron chi connectivity index (χ3n) is 3.04. The van der Waals surface area contributed by atoms with E-state index in [0.717, 1.165) is 25.0 Å². The molecule has 1 aromatic rings. The molecule has 1 rings (SSSR count). The maximum Gasteiger partial charge on any atom is 0.122 e. The first kappa shape index (κ1) is 26.0. The molecule has 0 spiro atoms. The van der Waals surface area contributed by atoms with Crippen LogP contribution in [0.5, 0.6) is 0 Å². The van der Waals surface area contributed by atoms with Gasteiger partial charge in [-0.25, -0.2) is 0 Å². The second-order valence-corrected chi connectivity index (χ2v) is 6.85. The van der Waals surface area contributed by atoms with Crippen LogP contribution in [0.25, 0.3) is 0 Å². The Morgan fingerprint density at radius 3 is 2.24 bits per heavy atom. The van der Waals surface area contributed by atoms with Gasteiger partial charge >= 0.3 is 0 Å². The van der Waals surface area contributed by atoms with Gasteiger partial charge in [0.05, 0.1) is 30.7 Å². The van der Waals surface area contributed by atoms with Crippen LogP contribution in [0.3, 0.4) is 0 Å². The van der Waals surface area contributed by atoms with Crippen molar-refractivity contribution in [3.8, 4) is 0 Å². The Morgan fingerprint density at radius 1 is 1.20 bits per heavy atom. The van der Waals surface area contributed by atoms with E-state index in [0.29, 0.717) is 31.5 Å². The number of aromatic nitrogens is 3. The van der Waals surface area contributed by atoms with Crippen molar-refractivity contribution in [3.05, 3.63) is 11.9 Å². The maximum atomic E-state index is 10.1. The lowest BCUT2D eigenvalue weighted by Crippen LogP contribution is -2.31. The van der Waals surface area contributed by atoms with E-state index >= 15 is 0 Å². The van der Waals surface area contributed by atoms with E-state index < -0.39 is 0 Å². The minimum Gasteiger partial charge on any atom is -0.378 e. The third kappa shape index (κ3) is 17.3. The summed E-state index contributed by atoms with van der Waals surface area (Å²) in [4.78, 5) is 10.1. The van der Waals surface area contributed by atoms with Crippen LogP contribution < -0.4 is 0 Å². The van der Waals surface area contributed by atoms with Crippen molar-refractivity contribution in [1.29, 1.82) is 0 Å². The van der Waals surface area contributed by atoms with E-state index in [1.54, 1.807) is 6.20 Å². The number of aldehydes is 1. The highest BCUT2D eigenvalue weighted by Crippen LogP contribution is 2.12. The van der Waals surface area contributed by atoms with Crippen molar-refractivity contribution in [2.45, 2.75) is 79.8 Å². The Labute approximate surface area is 154 Å². The topological polar surface area (TPSA) is 77.1 Å². The fourth-order valence-electron chi connectivity index (χ4n) is 1.55. The molecule has 25 heavy (non-hydrogen) atoms. The van der Waals surface area contributed by atoms with Gasteiger partial charge in [0, 0.05) is 13.0 Å². The van der Waals surface area contributed by atoms with Gasteiger partial charge in [-0.3, -0.25) is 0 Å². The Morgan fingerprint density at radius 2 is 1.84 bits per heavy atom. The molecule has 0 atom stereocenters. The van der Waals surface area contributed by atoms with Crippen LogP contribution in [0, 0.1) is 5.92 Å². The van der Waals surface area contributed by atoms with Crippen LogP contribution in [0.4, 0.5) is 0 Å². The fraction of sp³-hybridized carbons (Fsp3) is 0.842. The summed E-state index contributed by atoms with van der Waals surface area (Å²) in [6.07, 6.45) is 4.14. The predicted molar refractivity (Wildman–Crippen MR) is 103 cm³/mol. The number of hydrogen-bond donors (Lipinski definition) is 1. The lowest BCUT2D eigenvalue weighted by molar-refractivity contribution is -0.110. The average Bonchev–Trinajstić information content (AvgIpc) is 3.08. The summed E-state index contributed by atoms with van der Waals surface area (Å²) in [6.45, 7) is 18.3. The highest BCUT2D eigenvalue weighted by atomic mass is 16.5. The second-order valence-electron chi connectivity index (χ2n) is 6.85. The summed E-state index contributed by atoms with van der Waals surface area (Å²) in [5, 5.41) is 10.1. The molecule has 0 amide bonds. The number of hydrogen-bond acceptors (Lipinski definition) is 5. The number of rotatable bonds is 10. The molecule has 0 saturated heterocycles. The van der Waals surface area contributed by atoms with Crippen LogP contribution in [0.1, 0.15) is 79.8 Å². The highest BCUT2D eigenvalue weighted by molar-refractivity contribution is 5.49. The SMILES string of the molecule is CC.CC(C)CCOC(C)(C)COCCC=O.CC(C)c1cn[nH]n1. The molecule has 6 nitrogen and oxygen atoms in total. The molecule has 0 unspecified atom stereocenters. The summed E-state index contributed by atoms with van der Waals surface area (Å²) in [5.74, 6) is 1.14. The average molecular weight is 358 g/mol. The Bertz CT molecular complexity index is 391. The van der Waals surface area contributed by atoms with Crippen molar-refractivity contribution >= 4 is 6.29 Å². The number of ether oxygens (including phenoxy) is 2. The highest BCUT2D eigenvalue weighted by Gasteiger charge is 2.18. The lowest BCUT2D eigenvalue weighted by Gasteiger charge is -2.25. The maximum absolute atomic E-state index is 10.1. The van der Waals surface area contributed by atoms with E-state index in [4.69, 9.17) is 9.47 Å². The number of nitrogens with one attached hydrogen (secondary N) is 1. The molecule has 0 bridgehead atoms. The van der Waals surface area contributed by atoms with Gasteiger partial charge in [0.15, 0.2) is 0 Å². The van der Waals surface area contributed by atoms with E-state index in [9.17, 15) is 4.79 Å². The molecule has 1 aromatic heterocycles. The molecular weight excluding hydrogens is 318 g/mol. The van der Waals surface area contributed by atoms with Gasteiger partial charge in [-0.15, -0.1) is 0 Å². The van der Waals surface area contributed by atoms with Crippen LogP contribution >= 0.6 is 0 Å². The van der Waals surface area contributed by atoms with Gasteiger partial charge in [0.25, 0.3) is 0 Å². The molecule has 1 N–H and O–H groups in total. The molecule has 1 heterocycles. The summed E-state index contributed by atoms with van der Waals surface area (Å²) in [6, 6.07) is 0. The van der Waals surface area contributed by atoms with Gasteiger partial charge in [-0.05, 0) is 32.1 Å². The molecule has 0 aliphatic heterocycles. The third-order valence-corrected chi connectivity index (χ3v) is 3.04. The Kier molecular flexibility index (Phi) is 16.8. The zero-order valence-corrected chi connectivity index (χ0v) is 17.5. The second kappa shape index (κ2) is 16.2. The fourth-order valence-corrected chi connectivity index (χ4v) is 1.55. The van der Waals surface area contributed by atoms with Crippen molar-refractivity contribution in [1.82, 2.24) is 15.4 Å². The minimum absolute atomic E-state index is 0.252. The predicted octanol–water partition coefficient (Wildman–Crippen LogP) is 4.39. The Hall–Kier alpha value is -1.27. The number of carbonyl (C=O) groups excluding carboxylic acids is 1. The van der Waals surface area contributed by atoms with Crippen molar-refractivity contribution in [2.75, 3.05) is 19.8 Å². The number of H-pyrrole nitrogens is 1. The van der Waals surface area contributed by atoms with E-state index in [2.05, 4.69) is 43.1 Å². The quantitative estimate of drug-likeness (QED) is 0.496. The Balaban J connectivity index is 0. The summed E-state index contributed by atoms with van der Waals surface area (Å²) < 4.78 is 11.0. The normalized spacial score (nSPS) is 10.8. The van der Waals surface area contributed by atoms with E-state index in [-0.39, 0.29) is 5.60 Å². The minimum atomic E-state index is -0.252. The van der Waals surface area contributed by atoms with Crippen molar-refractivity contribution in [2.24, 2.45) is 5.92 Å². The first-order chi connectivity index (χ1) is 11.8. The molecule has 6 heteroatoms. The molecular formula is C19H39N3O3. The number of aromatic amines is 1. The molecule has 0 saturated carbocycles. The van der Waals surface area contributed by atoms with Gasteiger partial charge in [-0.1, -0.05) is 41.5 Å². The summed E-state index contributed by atoms with van der Waals surface area (Å²) >= 11 is 0. The van der Waals surface area contributed by atoms with Gasteiger partial charge in [0.1, 0.15) is 6.29 Å². The first-order valence-electron chi connectivity index (χ1n) is 9.29. The zero-order valence-electron chi connectivity index (χ0n) is 17.5. The van der Waals surface area contributed by atoms with Crippen LogP contribution in [-0.4, -0.2) is 47.1 Å². The first-order valence-corrected chi connectivity index (χ1v) is 9.29. The smallest absolute Gasteiger partial charge is 0.122 e. The summed E-state index contributed by atoms with van der Waals surface area (Å²) in [7, 11) is 0. The van der Waals surface area contributed by atoms with Gasteiger partial charge in [-0.2, -0.15) is 15.4 Å². The monoisotopic (exact) mass is 357 g/mol. The van der Waals surface area contributed by atoms with Crippen LogP contribution in [0.2, 0.25) is 0 Å². The standard InChI is InChI=1S/C12H24O3.C5H9N3.C2H6/c1-11(2)6-9-15-12(3,4)10-14-8-5-7-13;1-4(2)5-3-6-8-7-5;1-2/h7,11H,5-6,8-10H2,1-4H3;3-4H,1-2H3,(H,6,7,8);1-2H3. The van der Waals surface area contributed by atoms with E-state index in [1.807, 2.05) is 27.7 Å². The number of nitrogens with zero attached hydrogens (tertiary/aromatic N) is 2.